The van der Waals surface area contributed by atoms with E-state index in [9.17, 15) is 14.4 Å². The van der Waals surface area contributed by atoms with Crippen LogP contribution in [0.25, 0.3) is 0 Å². The molecule has 0 aliphatic carbocycles. The number of amides is 3. The molecule has 3 amide bonds. The molecule has 0 saturated carbocycles. The van der Waals surface area contributed by atoms with Gasteiger partial charge in [-0.3, -0.25) is 19.3 Å². The van der Waals surface area contributed by atoms with Crippen molar-refractivity contribution in [1.82, 2.24) is 39.5 Å². The summed E-state index contributed by atoms with van der Waals surface area (Å²) < 4.78 is 3.52. The normalized spacial score (nSPS) is 16.8. The number of aryl methyl sites for hydroxylation is 2. The lowest BCUT2D eigenvalue weighted by Gasteiger charge is -2.32. The highest BCUT2D eigenvalue weighted by atomic mass is 16.2. The minimum atomic E-state index is -0.951. The Kier molecular flexibility index (Phi) is 8.17. The molecule has 3 rings (SSSR count). The van der Waals surface area contributed by atoms with Gasteiger partial charge < -0.3 is 30.4 Å². The summed E-state index contributed by atoms with van der Waals surface area (Å²) in [6, 6.07) is -1.85. The molecule has 180 valence electrons. The first kappa shape index (κ1) is 24.4. The lowest BCUT2D eigenvalue weighted by atomic mass is 10.1. The fourth-order valence-corrected chi connectivity index (χ4v) is 3.72. The predicted octanol–water partition coefficient (Wildman–Crippen LogP) is -2.36. The molecule has 3 heterocycles. The molecule has 2 aromatic heterocycles. The Labute approximate surface area is 193 Å². The van der Waals surface area contributed by atoms with Crippen LogP contribution in [0.15, 0.2) is 25.0 Å². The number of hydrogen-bond donors (Lipinski definition) is 3. The Morgan fingerprint density at radius 3 is 1.94 bits per heavy atom. The van der Waals surface area contributed by atoms with E-state index in [1.165, 1.54) is 0 Å². The Morgan fingerprint density at radius 1 is 0.909 bits per heavy atom. The molecule has 12 heteroatoms. The number of primary amides is 1. The van der Waals surface area contributed by atoms with E-state index in [0.717, 1.165) is 26.2 Å². The van der Waals surface area contributed by atoms with Crippen LogP contribution < -0.4 is 16.4 Å². The van der Waals surface area contributed by atoms with Gasteiger partial charge in [-0.2, -0.15) is 0 Å². The summed E-state index contributed by atoms with van der Waals surface area (Å²) in [6.07, 6.45) is 7.13. The van der Waals surface area contributed by atoms with E-state index in [-0.39, 0.29) is 25.3 Å². The van der Waals surface area contributed by atoms with Gasteiger partial charge in [0.1, 0.15) is 12.1 Å². The molecular weight excluding hydrogens is 426 g/mol. The molecule has 0 radical (unpaired) electrons. The standard InChI is InChI=1S/C21H33N9O3/c1-27-4-6-30(7-5-27)12-19(31)25-18(9-16-11-29(3)14-24-16)21(33)26-17(20(22)32)8-15-10-28(2)13-23-15/h10-11,13-14,17-18H,4-9,12H2,1-3H3,(H2,22,32)(H,25,31)(H,26,33)/t17-,18-/m0/s1. The molecule has 1 fully saturated rings. The van der Waals surface area contributed by atoms with Crippen molar-refractivity contribution in [3.05, 3.63) is 36.4 Å². The summed E-state index contributed by atoms with van der Waals surface area (Å²) in [5.41, 5.74) is 6.81. The van der Waals surface area contributed by atoms with Crippen molar-refractivity contribution in [1.29, 1.82) is 0 Å². The van der Waals surface area contributed by atoms with Crippen molar-refractivity contribution >= 4 is 17.7 Å². The number of rotatable bonds is 10. The highest BCUT2D eigenvalue weighted by molar-refractivity contribution is 5.92. The zero-order valence-electron chi connectivity index (χ0n) is 19.4. The average molecular weight is 460 g/mol. The van der Waals surface area contributed by atoms with Gasteiger partial charge in [0, 0.05) is 65.5 Å². The zero-order chi connectivity index (χ0) is 24.0. The first-order chi connectivity index (χ1) is 15.7. The van der Waals surface area contributed by atoms with Crippen LogP contribution >= 0.6 is 0 Å². The van der Waals surface area contributed by atoms with Crippen LogP contribution in [-0.2, 0) is 41.3 Å². The number of likely N-dealkylation sites (N-methyl/N-ethyl adjacent to an activating group) is 1. The van der Waals surface area contributed by atoms with Crippen molar-refractivity contribution in [2.75, 3.05) is 39.8 Å². The molecule has 1 saturated heterocycles. The maximum absolute atomic E-state index is 13.1. The third-order valence-electron chi connectivity index (χ3n) is 5.62. The monoisotopic (exact) mass is 459 g/mol. The van der Waals surface area contributed by atoms with Crippen LogP contribution in [0.3, 0.4) is 0 Å². The third kappa shape index (κ3) is 7.39. The Morgan fingerprint density at radius 2 is 1.45 bits per heavy atom. The number of hydrogen-bond acceptors (Lipinski definition) is 7. The quantitative estimate of drug-likeness (QED) is 0.361. The fourth-order valence-electron chi connectivity index (χ4n) is 3.72. The molecular formula is C21H33N9O3. The van der Waals surface area contributed by atoms with Crippen molar-refractivity contribution in [3.8, 4) is 0 Å². The van der Waals surface area contributed by atoms with Crippen LogP contribution in [0.1, 0.15) is 11.4 Å². The highest BCUT2D eigenvalue weighted by Gasteiger charge is 2.28. The number of carbonyl (C=O) groups excluding carboxylic acids is 3. The molecule has 0 bridgehead atoms. The number of piperazine rings is 1. The van der Waals surface area contributed by atoms with Crippen molar-refractivity contribution < 1.29 is 14.4 Å². The number of nitrogens with one attached hydrogen (secondary N) is 2. The van der Waals surface area contributed by atoms with Crippen molar-refractivity contribution in [2.45, 2.75) is 24.9 Å². The first-order valence-corrected chi connectivity index (χ1v) is 10.9. The van der Waals surface area contributed by atoms with E-state index in [1.54, 1.807) is 34.2 Å². The fraction of sp³-hybridized carbons (Fsp3) is 0.571. The number of nitrogens with zero attached hydrogens (tertiary/aromatic N) is 6. The lowest BCUT2D eigenvalue weighted by molar-refractivity contribution is -0.131. The Hall–Kier alpha value is -3.25. The highest BCUT2D eigenvalue weighted by Crippen LogP contribution is 2.05. The molecule has 0 aromatic carbocycles. The van der Waals surface area contributed by atoms with Crippen LogP contribution in [-0.4, -0.2) is 98.5 Å². The summed E-state index contributed by atoms with van der Waals surface area (Å²) >= 11 is 0. The van der Waals surface area contributed by atoms with Crippen LogP contribution in [0.4, 0.5) is 0 Å². The average Bonchev–Trinajstić information content (AvgIpc) is 3.36. The van der Waals surface area contributed by atoms with Gasteiger partial charge in [0.2, 0.25) is 17.7 Å². The van der Waals surface area contributed by atoms with Crippen LogP contribution in [0.2, 0.25) is 0 Å². The SMILES string of the molecule is CN1CCN(CC(=O)N[C@@H](Cc2cn(C)cn2)C(=O)N[C@@H](Cc2cn(C)cn2)C(N)=O)CC1. The molecule has 33 heavy (non-hydrogen) atoms. The van der Waals surface area contributed by atoms with Gasteiger partial charge in [-0.1, -0.05) is 0 Å². The first-order valence-electron chi connectivity index (χ1n) is 10.9. The van der Waals surface area contributed by atoms with Gasteiger partial charge in [0.15, 0.2) is 0 Å². The molecule has 0 spiro atoms. The van der Waals surface area contributed by atoms with Crippen LogP contribution in [0, 0.1) is 0 Å². The molecule has 2 aromatic rings. The van der Waals surface area contributed by atoms with E-state index in [0.29, 0.717) is 11.4 Å². The van der Waals surface area contributed by atoms with Crippen molar-refractivity contribution in [3.63, 3.8) is 0 Å². The third-order valence-corrected chi connectivity index (χ3v) is 5.62. The van der Waals surface area contributed by atoms with E-state index in [2.05, 4.69) is 30.4 Å². The van der Waals surface area contributed by atoms with Crippen LogP contribution in [0.5, 0.6) is 0 Å². The zero-order valence-corrected chi connectivity index (χ0v) is 19.4. The second-order valence-electron chi connectivity index (χ2n) is 8.63. The predicted molar refractivity (Wildman–Crippen MR) is 121 cm³/mol. The number of nitrogens with two attached hydrogens (primary N) is 1. The van der Waals surface area contributed by atoms with Crippen molar-refractivity contribution in [2.24, 2.45) is 19.8 Å². The second-order valence-corrected chi connectivity index (χ2v) is 8.63. The molecule has 12 nitrogen and oxygen atoms in total. The van der Waals surface area contributed by atoms with Gasteiger partial charge in [0.05, 0.1) is 30.6 Å². The van der Waals surface area contributed by atoms with Gasteiger partial charge >= 0.3 is 0 Å². The smallest absolute Gasteiger partial charge is 0.243 e. The minimum Gasteiger partial charge on any atom is -0.368 e. The number of carbonyl (C=O) groups is 3. The van der Waals surface area contributed by atoms with Gasteiger partial charge in [-0.05, 0) is 7.05 Å². The summed E-state index contributed by atoms with van der Waals surface area (Å²) in [5, 5.41) is 5.50. The molecule has 0 unspecified atom stereocenters. The molecule has 4 N–H and O–H groups in total. The maximum Gasteiger partial charge on any atom is 0.243 e. The Balaban J connectivity index is 1.66. The van der Waals surface area contributed by atoms with Gasteiger partial charge in [0.25, 0.3) is 0 Å². The van der Waals surface area contributed by atoms with E-state index in [4.69, 9.17) is 5.73 Å². The number of imidazole rings is 2. The van der Waals surface area contributed by atoms with Gasteiger partial charge in [-0.15, -0.1) is 0 Å². The van der Waals surface area contributed by atoms with Gasteiger partial charge in [-0.25, -0.2) is 9.97 Å². The molecule has 1 aliphatic heterocycles. The summed E-state index contributed by atoms with van der Waals surface area (Å²) in [5.74, 6) is -1.42. The van der Waals surface area contributed by atoms with E-state index in [1.807, 2.05) is 21.1 Å². The molecule has 1 aliphatic rings. The minimum absolute atomic E-state index is 0.160. The maximum atomic E-state index is 13.1. The number of aromatic nitrogens is 4. The largest absolute Gasteiger partial charge is 0.368 e. The Bertz CT molecular complexity index is 962. The second kappa shape index (κ2) is 11.1. The van der Waals surface area contributed by atoms with E-state index >= 15 is 0 Å². The summed E-state index contributed by atoms with van der Waals surface area (Å²) in [7, 11) is 5.69. The summed E-state index contributed by atoms with van der Waals surface area (Å²) in [6.45, 7) is 3.55. The topological polar surface area (TPSA) is 143 Å². The molecule has 2 atom stereocenters. The van der Waals surface area contributed by atoms with E-state index < -0.39 is 23.9 Å². The lowest BCUT2D eigenvalue weighted by Crippen LogP contribution is -2.56. The summed E-state index contributed by atoms with van der Waals surface area (Å²) in [4.78, 5) is 50.6.